The number of unbranched alkanes of at least 4 members (excludes halogenated alkanes) is 1. The van der Waals surface area contributed by atoms with E-state index in [1.54, 1.807) is 12.1 Å². The van der Waals surface area contributed by atoms with Crippen LogP contribution in [0.25, 0.3) is 22.4 Å². The Kier molecular flexibility index (Phi) is 5.61. The molecule has 0 aliphatic carbocycles. The highest BCUT2D eigenvalue weighted by Gasteiger charge is 2.15. The van der Waals surface area contributed by atoms with E-state index in [2.05, 4.69) is 36.6 Å². The normalized spacial score (nSPS) is 11.1. The molecule has 0 saturated carbocycles. The van der Waals surface area contributed by atoms with Crippen molar-refractivity contribution in [2.75, 3.05) is 6.61 Å². The maximum atomic E-state index is 14.4. The van der Waals surface area contributed by atoms with Gasteiger partial charge in [0.15, 0.2) is 0 Å². The summed E-state index contributed by atoms with van der Waals surface area (Å²) >= 11 is 0. The van der Waals surface area contributed by atoms with Gasteiger partial charge in [0.25, 0.3) is 0 Å². The Balaban J connectivity index is 1.47. The van der Waals surface area contributed by atoms with E-state index in [1.807, 2.05) is 30.3 Å². The highest BCUT2D eigenvalue weighted by atomic mass is 19.1. The number of halogens is 1. The summed E-state index contributed by atoms with van der Waals surface area (Å²) in [4.78, 5) is 4.70. The number of aryl methyl sites for hydroxylation is 3. The van der Waals surface area contributed by atoms with Gasteiger partial charge in [-0.3, -0.25) is 0 Å². The molecule has 29 heavy (non-hydrogen) atoms. The lowest BCUT2D eigenvalue weighted by Gasteiger charge is -2.11. The molecular weight excluding hydrogens is 363 g/mol. The number of hydrogen-bond donors (Lipinski definition) is 0. The SMILES string of the molecule is Cc1cc(C)cc(OCCCCn2c(-c3ccccc3F)nc3ccccc32)c1. The van der Waals surface area contributed by atoms with Gasteiger partial charge in [-0.05, 0) is 74.2 Å². The Bertz CT molecular complexity index is 1110. The van der Waals surface area contributed by atoms with E-state index in [4.69, 9.17) is 9.72 Å². The molecule has 0 saturated heterocycles. The van der Waals surface area contributed by atoms with Gasteiger partial charge in [-0.15, -0.1) is 0 Å². The lowest BCUT2D eigenvalue weighted by Crippen LogP contribution is -2.05. The molecule has 0 spiro atoms. The fourth-order valence-electron chi connectivity index (χ4n) is 3.73. The van der Waals surface area contributed by atoms with E-state index in [1.165, 1.54) is 17.2 Å². The van der Waals surface area contributed by atoms with Crippen LogP contribution in [0, 0.1) is 19.7 Å². The van der Waals surface area contributed by atoms with Gasteiger partial charge in [-0.25, -0.2) is 9.37 Å². The standard InChI is InChI=1S/C25H25FN2O/c1-18-15-19(2)17-20(16-18)29-14-8-7-13-28-24-12-6-5-11-23(24)27-25(28)21-9-3-4-10-22(21)26/h3-6,9-12,15-17H,7-8,13-14H2,1-2H3. The average Bonchev–Trinajstić information content (AvgIpc) is 3.06. The second-order valence-electron chi connectivity index (χ2n) is 7.43. The molecule has 0 N–H and O–H groups in total. The minimum atomic E-state index is -0.248. The van der Waals surface area contributed by atoms with Gasteiger partial charge in [0, 0.05) is 6.54 Å². The first-order chi connectivity index (χ1) is 14.1. The van der Waals surface area contributed by atoms with Crippen molar-refractivity contribution in [3.8, 4) is 17.1 Å². The maximum Gasteiger partial charge on any atom is 0.144 e. The summed E-state index contributed by atoms with van der Waals surface area (Å²) in [5.41, 5.74) is 4.87. The number of para-hydroxylation sites is 2. The van der Waals surface area contributed by atoms with Crippen molar-refractivity contribution in [2.45, 2.75) is 33.2 Å². The Morgan fingerprint density at radius 1 is 0.897 bits per heavy atom. The summed E-state index contributed by atoms with van der Waals surface area (Å²) < 4.78 is 22.4. The lowest BCUT2D eigenvalue weighted by atomic mass is 10.1. The zero-order valence-electron chi connectivity index (χ0n) is 16.9. The first-order valence-corrected chi connectivity index (χ1v) is 10.0. The van der Waals surface area contributed by atoms with Gasteiger partial charge in [0.2, 0.25) is 0 Å². The van der Waals surface area contributed by atoms with Gasteiger partial charge in [-0.1, -0.05) is 30.3 Å². The van der Waals surface area contributed by atoms with Crippen molar-refractivity contribution >= 4 is 11.0 Å². The Hall–Kier alpha value is -3.14. The molecule has 1 aromatic heterocycles. The largest absolute Gasteiger partial charge is 0.494 e. The molecule has 3 nitrogen and oxygen atoms in total. The van der Waals surface area contributed by atoms with E-state index < -0.39 is 0 Å². The van der Waals surface area contributed by atoms with Gasteiger partial charge in [0.1, 0.15) is 17.4 Å². The first-order valence-electron chi connectivity index (χ1n) is 10.0. The minimum absolute atomic E-state index is 0.248. The fourth-order valence-corrected chi connectivity index (χ4v) is 3.73. The van der Waals surface area contributed by atoms with Crippen LogP contribution in [-0.2, 0) is 6.54 Å². The number of hydrogen-bond acceptors (Lipinski definition) is 2. The Morgan fingerprint density at radius 3 is 2.41 bits per heavy atom. The van der Waals surface area contributed by atoms with E-state index in [9.17, 15) is 4.39 Å². The number of fused-ring (bicyclic) bond motifs is 1. The van der Waals surface area contributed by atoms with Gasteiger partial charge in [-0.2, -0.15) is 0 Å². The summed E-state index contributed by atoms with van der Waals surface area (Å²) in [6.45, 7) is 5.58. The highest BCUT2D eigenvalue weighted by molar-refractivity contribution is 5.80. The number of benzene rings is 3. The molecule has 0 bridgehead atoms. The van der Waals surface area contributed by atoms with Gasteiger partial charge >= 0.3 is 0 Å². The monoisotopic (exact) mass is 388 g/mol. The van der Waals surface area contributed by atoms with Crippen LogP contribution in [0.5, 0.6) is 5.75 Å². The summed E-state index contributed by atoms with van der Waals surface area (Å²) in [7, 11) is 0. The molecular formula is C25H25FN2O. The predicted octanol–water partition coefficient (Wildman–Crippen LogP) is 6.32. The van der Waals surface area contributed by atoms with Gasteiger partial charge in [0.05, 0.1) is 23.2 Å². The molecule has 4 heteroatoms. The summed E-state index contributed by atoms with van der Waals surface area (Å²) in [5.74, 6) is 1.35. The second-order valence-corrected chi connectivity index (χ2v) is 7.43. The van der Waals surface area contributed by atoms with Crippen LogP contribution in [0.2, 0.25) is 0 Å². The third-order valence-corrected chi connectivity index (χ3v) is 5.01. The number of ether oxygens (including phenoxy) is 1. The van der Waals surface area contributed by atoms with Crippen LogP contribution >= 0.6 is 0 Å². The Morgan fingerprint density at radius 2 is 1.62 bits per heavy atom. The smallest absolute Gasteiger partial charge is 0.144 e. The summed E-state index contributed by atoms with van der Waals surface area (Å²) in [5, 5.41) is 0. The van der Waals surface area contributed by atoms with Crippen LogP contribution in [0.3, 0.4) is 0 Å². The fraction of sp³-hybridized carbons (Fsp3) is 0.240. The molecule has 0 amide bonds. The molecule has 0 aliphatic heterocycles. The second kappa shape index (κ2) is 8.48. The zero-order valence-corrected chi connectivity index (χ0v) is 16.9. The van der Waals surface area contributed by atoms with Crippen LogP contribution in [0.15, 0.2) is 66.7 Å². The molecule has 0 aliphatic rings. The molecule has 4 rings (SSSR count). The van der Waals surface area contributed by atoms with Crippen molar-refractivity contribution in [2.24, 2.45) is 0 Å². The van der Waals surface area contributed by atoms with E-state index in [0.29, 0.717) is 18.0 Å². The van der Waals surface area contributed by atoms with E-state index in [-0.39, 0.29) is 5.82 Å². The number of aromatic nitrogens is 2. The van der Waals surface area contributed by atoms with Crippen LogP contribution in [0.4, 0.5) is 4.39 Å². The molecule has 0 radical (unpaired) electrons. The van der Waals surface area contributed by atoms with Crippen molar-refractivity contribution in [1.82, 2.24) is 9.55 Å². The predicted molar refractivity (Wildman–Crippen MR) is 116 cm³/mol. The topological polar surface area (TPSA) is 27.1 Å². The van der Waals surface area contributed by atoms with Crippen LogP contribution in [0.1, 0.15) is 24.0 Å². The van der Waals surface area contributed by atoms with Crippen molar-refractivity contribution < 1.29 is 9.13 Å². The van der Waals surface area contributed by atoms with Crippen LogP contribution in [-0.4, -0.2) is 16.2 Å². The first kappa shape index (κ1) is 19.2. The third kappa shape index (κ3) is 4.32. The summed E-state index contributed by atoms with van der Waals surface area (Å²) in [6, 6.07) is 21.1. The molecule has 148 valence electrons. The highest BCUT2D eigenvalue weighted by Crippen LogP contribution is 2.27. The molecule has 3 aromatic carbocycles. The van der Waals surface area contributed by atoms with Crippen LogP contribution < -0.4 is 4.74 Å². The molecule has 1 heterocycles. The van der Waals surface area contributed by atoms with Crippen molar-refractivity contribution in [3.63, 3.8) is 0 Å². The lowest BCUT2D eigenvalue weighted by molar-refractivity contribution is 0.303. The quantitative estimate of drug-likeness (QED) is 0.347. The molecule has 0 fully saturated rings. The van der Waals surface area contributed by atoms with E-state index in [0.717, 1.165) is 36.2 Å². The maximum absolute atomic E-state index is 14.4. The minimum Gasteiger partial charge on any atom is -0.494 e. The summed E-state index contributed by atoms with van der Waals surface area (Å²) in [6.07, 6.45) is 1.84. The average molecular weight is 388 g/mol. The number of rotatable bonds is 7. The molecule has 0 atom stereocenters. The third-order valence-electron chi connectivity index (χ3n) is 5.01. The zero-order chi connectivity index (χ0) is 20.2. The molecule has 0 unspecified atom stereocenters. The molecule has 4 aromatic rings. The van der Waals surface area contributed by atoms with Gasteiger partial charge < -0.3 is 9.30 Å². The number of imidazole rings is 1. The van der Waals surface area contributed by atoms with Crippen molar-refractivity contribution in [1.29, 1.82) is 0 Å². The Labute approximate surface area is 170 Å². The van der Waals surface area contributed by atoms with E-state index >= 15 is 0 Å². The van der Waals surface area contributed by atoms with Crippen molar-refractivity contribution in [3.05, 3.63) is 83.7 Å². The number of nitrogens with zero attached hydrogens (tertiary/aromatic N) is 2.